The molecule has 4 N–H and O–H groups in total. The number of hydrogen-bond donors (Lipinski definition) is 3. The fourth-order valence-corrected chi connectivity index (χ4v) is 1.47. The summed E-state index contributed by atoms with van der Waals surface area (Å²) in [4.78, 5) is 22.2. The molecule has 2 amide bonds. The predicted octanol–water partition coefficient (Wildman–Crippen LogP) is 1.37. The van der Waals surface area contributed by atoms with E-state index in [1.54, 1.807) is 0 Å². The van der Waals surface area contributed by atoms with Gasteiger partial charge in [-0.05, 0) is 18.2 Å². The molecule has 0 saturated carbocycles. The number of nitrogens with one attached hydrogen (secondary N) is 2. The van der Waals surface area contributed by atoms with Gasteiger partial charge in [-0.2, -0.15) is 13.2 Å². The second kappa shape index (κ2) is 6.58. The van der Waals surface area contributed by atoms with E-state index in [1.807, 2.05) is 0 Å². The normalized spacial score (nSPS) is 11.1. The Morgan fingerprint density at radius 3 is 2.40 bits per heavy atom. The molecule has 1 aromatic rings. The second-order valence-electron chi connectivity index (χ2n) is 3.72. The molecule has 0 aliphatic heterocycles. The number of alkyl halides is 3. The summed E-state index contributed by atoms with van der Waals surface area (Å²) in [7, 11) is 0. The number of halogens is 4. The number of anilines is 1. The van der Waals surface area contributed by atoms with Gasteiger partial charge in [0.05, 0.1) is 29.4 Å². The van der Waals surface area contributed by atoms with Crippen molar-refractivity contribution in [1.29, 1.82) is 0 Å². The lowest BCUT2D eigenvalue weighted by molar-refractivity contribution is -0.137. The lowest BCUT2D eigenvalue weighted by Gasteiger charge is -2.11. The van der Waals surface area contributed by atoms with Crippen LogP contribution in [-0.4, -0.2) is 24.9 Å². The van der Waals surface area contributed by atoms with Crippen LogP contribution >= 0.6 is 11.6 Å². The largest absolute Gasteiger partial charge is 0.416 e. The Morgan fingerprint density at radius 1 is 1.25 bits per heavy atom. The summed E-state index contributed by atoms with van der Waals surface area (Å²) in [5, 5.41) is 4.23. The van der Waals surface area contributed by atoms with Gasteiger partial charge >= 0.3 is 6.18 Å². The fraction of sp³-hybridized carbons (Fsp3) is 0.273. The zero-order valence-corrected chi connectivity index (χ0v) is 10.8. The molecule has 110 valence electrons. The molecule has 5 nitrogen and oxygen atoms in total. The molecule has 0 spiro atoms. The zero-order chi connectivity index (χ0) is 15.3. The molecule has 1 rings (SSSR count). The summed E-state index contributed by atoms with van der Waals surface area (Å²) in [5.74, 6) is -1.16. The summed E-state index contributed by atoms with van der Waals surface area (Å²) in [6, 6.07) is 2.53. The third kappa shape index (κ3) is 4.71. The monoisotopic (exact) mass is 309 g/mol. The number of nitrogens with two attached hydrogens (primary N) is 1. The van der Waals surface area contributed by atoms with E-state index in [2.05, 4.69) is 10.6 Å². The van der Waals surface area contributed by atoms with Gasteiger partial charge in [-0.1, -0.05) is 11.6 Å². The smallest absolute Gasteiger partial charge is 0.346 e. The number of benzene rings is 1. The highest BCUT2D eigenvalue weighted by atomic mass is 35.5. The van der Waals surface area contributed by atoms with Crippen molar-refractivity contribution in [2.24, 2.45) is 5.73 Å². The molecule has 0 saturated heterocycles. The molecule has 1 aromatic carbocycles. The lowest BCUT2D eigenvalue weighted by atomic mass is 10.2. The standard InChI is InChI=1S/C11H11ClF3N3O2/c12-7-3-6(11(13,14)15)1-2-8(7)18-10(20)5-17-9(19)4-16/h1-3H,4-5,16H2,(H,17,19)(H,18,20). The Morgan fingerprint density at radius 2 is 1.90 bits per heavy atom. The molecule has 0 aliphatic carbocycles. The van der Waals surface area contributed by atoms with Gasteiger partial charge in [-0.15, -0.1) is 0 Å². The van der Waals surface area contributed by atoms with E-state index >= 15 is 0 Å². The molecular weight excluding hydrogens is 299 g/mol. The van der Waals surface area contributed by atoms with E-state index in [0.29, 0.717) is 6.07 Å². The van der Waals surface area contributed by atoms with Crippen LogP contribution in [-0.2, 0) is 15.8 Å². The van der Waals surface area contributed by atoms with Crippen LogP contribution in [0.1, 0.15) is 5.56 Å². The van der Waals surface area contributed by atoms with Crippen LogP contribution in [0.2, 0.25) is 5.02 Å². The fourth-order valence-electron chi connectivity index (χ4n) is 1.24. The molecule has 0 aliphatic rings. The number of carbonyl (C=O) groups excluding carboxylic acids is 2. The average Bonchev–Trinajstić information content (AvgIpc) is 2.37. The minimum Gasteiger partial charge on any atom is -0.346 e. The minimum absolute atomic E-state index is 0.0201. The molecular formula is C11H11ClF3N3O2. The molecule has 9 heteroatoms. The quantitative estimate of drug-likeness (QED) is 0.785. The van der Waals surface area contributed by atoms with Crippen molar-refractivity contribution in [2.75, 3.05) is 18.4 Å². The van der Waals surface area contributed by atoms with E-state index < -0.39 is 23.6 Å². The highest BCUT2D eigenvalue weighted by molar-refractivity contribution is 6.33. The van der Waals surface area contributed by atoms with Gasteiger partial charge in [0.1, 0.15) is 0 Å². The number of amides is 2. The van der Waals surface area contributed by atoms with Gasteiger partial charge in [0.25, 0.3) is 0 Å². The first-order chi connectivity index (χ1) is 9.24. The van der Waals surface area contributed by atoms with Gasteiger partial charge in [0, 0.05) is 0 Å². The van der Waals surface area contributed by atoms with Crippen LogP contribution in [0.3, 0.4) is 0 Å². The summed E-state index contributed by atoms with van der Waals surface area (Å²) >= 11 is 5.65. The van der Waals surface area contributed by atoms with E-state index in [9.17, 15) is 22.8 Å². The zero-order valence-electron chi connectivity index (χ0n) is 10.1. The molecule has 0 bridgehead atoms. The van der Waals surface area contributed by atoms with Gasteiger partial charge in [0.2, 0.25) is 11.8 Å². The van der Waals surface area contributed by atoms with Crippen molar-refractivity contribution in [3.63, 3.8) is 0 Å². The minimum atomic E-state index is -4.51. The van der Waals surface area contributed by atoms with Gasteiger partial charge in [0.15, 0.2) is 0 Å². The van der Waals surface area contributed by atoms with Crippen LogP contribution in [0, 0.1) is 0 Å². The summed E-state index contributed by atoms with van der Waals surface area (Å²) < 4.78 is 37.2. The van der Waals surface area contributed by atoms with Crippen LogP contribution in [0.15, 0.2) is 18.2 Å². The van der Waals surface area contributed by atoms with E-state index in [-0.39, 0.29) is 23.8 Å². The second-order valence-corrected chi connectivity index (χ2v) is 4.13. The number of carbonyl (C=O) groups is 2. The SMILES string of the molecule is NCC(=O)NCC(=O)Nc1ccc(C(F)(F)F)cc1Cl. The van der Waals surface area contributed by atoms with Crippen LogP contribution in [0.5, 0.6) is 0 Å². The first-order valence-corrected chi connectivity index (χ1v) is 5.75. The summed E-state index contributed by atoms with van der Waals surface area (Å²) in [6.45, 7) is -0.623. The van der Waals surface area contributed by atoms with Crippen molar-refractivity contribution in [3.05, 3.63) is 28.8 Å². The molecule has 0 fully saturated rings. The summed E-state index contributed by atoms with van der Waals surface area (Å²) in [5.41, 5.74) is 4.12. The molecule has 20 heavy (non-hydrogen) atoms. The van der Waals surface area contributed by atoms with Gasteiger partial charge < -0.3 is 16.4 Å². The van der Waals surface area contributed by atoms with Gasteiger partial charge in [-0.25, -0.2) is 0 Å². The highest BCUT2D eigenvalue weighted by Gasteiger charge is 2.30. The topological polar surface area (TPSA) is 84.2 Å². The maximum Gasteiger partial charge on any atom is 0.416 e. The first kappa shape index (κ1) is 16.3. The Labute approximate surface area is 117 Å². The molecule has 0 unspecified atom stereocenters. The average molecular weight is 310 g/mol. The molecule has 0 atom stereocenters. The van der Waals surface area contributed by atoms with Crippen molar-refractivity contribution in [2.45, 2.75) is 6.18 Å². The first-order valence-electron chi connectivity index (χ1n) is 5.37. The van der Waals surface area contributed by atoms with Crippen LogP contribution < -0.4 is 16.4 Å². The van der Waals surface area contributed by atoms with Crippen molar-refractivity contribution < 1.29 is 22.8 Å². The highest BCUT2D eigenvalue weighted by Crippen LogP contribution is 2.33. The lowest BCUT2D eigenvalue weighted by Crippen LogP contribution is -2.36. The van der Waals surface area contributed by atoms with Crippen molar-refractivity contribution in [3.8, 4) is 0 Å². The Balaban J connectivity index is 2.69. The molecule has 0 aromatic heterocycles. The predicted molar refractivity (Wildman–Crippen MR) is 67.1 cm³/mol. The number of hydrogen-bond acceptors (Lipinski definition) is 3. The number of rotatable bonds is 4. The Hall–Kier alpha value is -1.80. The Kier molecular flexibility index (Phi) is 5.34. The maximum atomic E-state index is 12.4. The van der Waals surface area contributed by atoms with Crippen molar-refractivity contribution >= 4 is 29.1 Å². The van der Waals surface area contributed by atoms with E-state index in [0.717, 1.165) is 12.1 Å². The van der Waals surface area contributed by atoms with Gasteiger partial charge in [-0.3, -0.25) is 9.59 Å². The van der Waals surface area contributed by atoms with E-state index in [1.165, 1.54) is 0 Å². The summed E-state index contributed by atoms with van der Waals surface area (Å²) in [6.07, 6.45) is -4.51. The maximum absolute atomic E-state index is 12.4. The van der Waals surface area contributed by atoms with Crippen LogP contribution in [0.4, 0.5) is 18.9 Å². The molecule has 0 heterocycles. The third-order valence-corrected chi connectivity index (χ3v) is 2.51. The van der Waals surface area contributed by atoms with E-state index in [4.69, 9.17) is 17.3 Å². The van der Waals surface area contributed by atoms with Crippen LogP contribution in [0.25, 0.3) is 0 Å². The third-order valence-electron chi connectivity index (χ3n) is 2.20. The van der Waals surface area contributed by atoms with Crippen molar-refractivity contribution in [1.82, 2.24) is 5.32 Å². The Bertz CT molecular complexity index is 520. The molecule has 0 radical (unpaired) electrons.